The molecule has 0 heterocycles. The van der Waals surface area contributed by atoms with Gasteiger partial charge in [0.15, 0.2) is 0 Å². The fourth-order valence-corrected chi connectivity index (χ4v) is 8.69. The highest BCUT2D eigenvalue weighted by molar-refractivity contribution is 5.27. The van der Waals surface area contributed by atoms with Crippen LogP contribution in [-0.2, 0) is 0 Å². The molecular weight excluding hydrogens is 372 g/mol. The monoisotopic (exact) mass is 418 g/mol. The molecule has 3 nitrogen and oxygen atoms in total. The van der Waals surface area contributed by atoms with Crippen LogP contribution in [0.2, 0.25) is 0 Å². The average molecular weight is 419 g/mol. The van der Waals surface area contributed by atoms with Crippen LogP contribution in [0.4, 0.5) is 0 Å². The van der Waals surface area contributed by atoms with Gasteiger partial charge < -0.3 is 15.3 Å². The Morgan fingerprint density at radius 1 is 1.00 bits per heavy atom. The Labute approximate surface area is 184 Å². The molecule has 3 fully saturated rings. The molecule has 0 bridgehead atoms. The van der Waals surface area contributed by atoms with Crippen LogP contribution in [0.25, 0.3) is 0 Å². The van der Waals surface area contributed by atoms with Crippen LogP contribution < -0.4 is 0 Å². The molecule has 0 spiro atoms. The van der Waals surface area contributed by atoms with E-state index in [9.17, 15) is 15.3 Å². The molecule has 0 aromatic heterocycles. The van der Waals surface area contributed by atoms with Crippen molar-refractivity contribution in [2.24, 2.45) is 46.3 Å². The molecule has 3 saturated carbocycles. The maximum absolute atomic E-state index is 11.3. The first-order chi connectivity index (χ1) is 14.2. The second-order valence-electron chi connectivity index (χ2n) is 12.2. The average Bonchev–Trinajstić information content (AvgIpc) is 3.06. The van der Waals surface area contributed by atoms with Gasteiger partial charge in [-0.1, -0.05) is 52.2 Å². The van der Waals surface area contributed by atoms with Crippen molar-refractivity contribution >= 4 is 0 Å². The van der Waals surface area contributed by atoms with Crippen molar-refractivity contribution in [3.63, 3.8) is 0 Å². The topological polar surface area (TPSA) is 60.7 Å². The zero-order chi connectivity index (χ0) is 21.7. The minimum absolute atomic E-state index is 0.189. The van der Waals surface area contributed by atoms with Crippen LogP contribution in [0.15, 0.2) is 11.6 Å². The summed E-state index contributed by atoms with van der Waals surface area (Å²) < 4.78 is 0. The first kappa shape index (κ1) is 22.8. The number of rotatable bonds is 6. The van der Waals surface area contributed by atoms with E-state index in [0.29, 0.717) is 35.7 Å². The lowest BCUT2D eigenvalue weighted by Crippen LogP contribution is -2.54. The molecule has 30 heavy (non-hydrogen) atoms. The van der Waals surface area contributed by atoms with Crippen LogP contribution in [0.3, 0.4) is 0 Å². The Bertz CT molecular complexity index is 644. The Balaban J connectivity index is 1.50. The van der Waals surface area contributed by atoms with E-state index in [1.807, 2.05) is 0 Å². The van der Waals surface area contributed by atoms with Crippen LogP contribution in [0.5, 0.6) is 0 Å². The fraction of sp³-hybridized carbons (Fsp3) is 0.926. The van der Waals surface area contributed by atoms with Gasteiger partial charge in [0.2, 0.25) is 0 Å². The minimum Gasteiger partial charge on any atom is -0.396 e. The summed E-state index contributed by atoms with van der Waals surface area (Å²) in [6.07, 6.45) is 13.2. The summed E-state index contributed by atoms with van der Waals surface area (Å²) in [6.45, 7) is 9.92. The smallest absolute Gasteiger partial charge is 0.0757 e. The first-order valence-corrected chi connectivity index (χ1v) is 12.9. The Hall–Kier alpha value is -0.380. The molecular formula is C27H46O3. The van der Waals surface area contributed by atoms with Crippen molar-refractivity contribution in [3.8, 4) is 0 Å². The van der Waals surface area contributed by atoms with Gasteiger partial charge in [0.25, 0.3) is 0 Å². The first-order valence-electron chi connectivity index (χ1n) is 12.9. The van der Waals surface area contributed by atoms with Gasteiger partial charge in [0.05, 0.1) is 12.2 Å². The third kappa shape index (κ3) is 3.71. The van der Waals surface area contributed by atoms with Crippen LogP contribution >= 0.6 is 0 Å². The van der Waals surface area contributed by atoms with E-state index in [2.05, 4.69) is 33.8 Å². The van der Waals surface area contributed by atoms with E-state index in [1.165, 1.54) is 44.1 Å². The van der Waals surface area contributed by atoms with E-state index < -0.39 is 0 Å². The summed E-state index contributed by atoms with van der Waals surface area (Å²) in [5, 5.41) is 30.8. The number of hydrogen-bond acceptors (Lipinski definition) is 3. The van der Waals surface area contributed by atoms with Gasteiger partial charge in [-0.05, 0) is 97.7 Å². The summed E-state index contributed by atoms with van der Waals surface area (Å²) in [5.74, 6) is 3.54. The number of aliphatic hydroxyl groups is 3. The normalized spacial score (nSPS) is 47.6. The molecule has 3 heteroatoms. The molecule has 0 amide bonds. The van der Waals surface area contributed by atoms with Gasteiger partial charge in [-0.25, -0.2) is 0 Å². The van der Waals surface area contributed by atoms with Gasteiger partial charge in [0, 0.05) is 6.61 Å². The molecule has 0 radical (unpaired) electrons. The Kier molecular flexibility index (Phi) is 6.48. The second kappa shape index (κ2) is 8.52. The van der Waals surface area contributed by atoms with E-state index in [4.69, 9.17) is 0 Å². The van der Waals surface area contributed by atoms with E-state index in [1.54, 1.807) is 0 Å². The Morgan fingerprint density at radius 2 is 1.77 bits per heavy atom. The molecule has 4 aliphatic rings. The van der Waals surface area contributed by atoms with Crippen molar-refractivity contribution in [1.82, 2.24) is 0 Å². The number of hydrogen-bond donors (Lipinski definition) is 3. The minimum atomic E-state index is -0.326. The van der Waals surface area contributed by atoms with Crippen molar-refractivity contribution in [3.05, 3.63) is 11.6 Å². The predicted molar refractivity (Wildman–Crippen MR) is 122 cm³/mol. The highest BCUT2D eigenvalue weighted by Crippen LogP contribution is 2.67. The van der Waals surface area contributed by atoms with Crippen LogP contribution in [-0.4, -0.2) is 34.1 Å². The standard InChI is InChI=1S/C27H46O3/c1-17(16-28)6-5-7-18(2)21-8-9-22-25-23(11-13-27(21,22)4)26(3)12-10-20(29)14-19(26)15-24(25)30/h15,17-18,20-25,28-30H,5-14,16H2,1-4H3/t17?,18?,20-,21+,22-,23-,24?,25-,26-,27+/m0/s1. The molecule has 0 aromatic rings. The number of fused-ring (bicyclic) bond motifs is 5. The van der Waals surface area contributed by atoms with Crippen molar-refractivity contribution in [1.29, 1.82) is 0 Å². The zero-order valence-corrected chi connectivity index (χ0v) is 19.8. The van der Waals surface area contributed by atoms with Crippen molar-refractivity contribution < 1.29 is 15.3 Å². The lowest BCUT2D eigenvalue weighted by atomic mass is 9.46. The molecule has 0 aliphatic heterocycles. The molecule has 3 unspecified atom stereocenters. The quantitative estimate of drug-likeness (QED) is 0.511. The maximum Gasteiger partial charge on any atom is 0.0757 e. The van der Waals surface area contributed by atoms with Gasteiger partial charge in [0.1, 0.15) is 0 Å². The highest BCUT2D eigenvalue weighted by atomic mass is 16.3. The molecule has 0 saturated heterocycles. The highest BCUT2D eigenvalue weighted by Gasteiger charge is 2.61. The predicted octanol–water partition coefficient (Wildman–Crippen LogP) is 5.33. The van der Waals surface area contributed by atoms with E-state index >= 15 is 0 Å². The third-order valence-electron chi connectivity index (χ3n) is 10.5. The molecule has 0 aromatic carbocycles. The fourth-order valence-electron chi connectivity index (χ4n) is 8.69. The van der Waals surface area contributed by atoms with Crippen LogP contribution in [0.1, 0.15) is 91.9 Å². The van der Waals surface area contributed by atoms with Gasteiger partial charge >= 0.3 is 0 Å². The van der Waals surface area contributed by atoms with Crippen LogP contribution in [0, 0.1) is 46.3 Å². The number of aliphatic hydroxyl groups excluding tert-OH is 3. The SMILES string of the molecule is CC(CO)CCCC(C)[C@H]1CC[C@H]2[C@@H]3C(O)C=C4C[C@@H](O)CC[C@]4(C)[C@H]3CC[C@]12C. The van der Waals surface area contributed by atoms with E-state index in [0.717, 1.165) is 37.5 Å². The molecule has 10 atom stereocenters. The van der Waals surface area contributed by atoms with Crippen molar-refractivity contribution in [2.45, 2.75) is 104 Å². The lowest BCUT2D eigenvalue weighted by Gasteiger charge is -2.59. The molecule has 4 rings (SSSR count). The van der Waals surface area contributed by atoms with E-state index in [-0.39, 0.29) is 17.6 Å². The summed E-state index contributed by atoms with van der Waals surface area (Å²) in [5.41, 5.74) is 1.90. The van der Waals surface area contributed by atoms with Gasteiger partial charge in [-0.15, -0.1) is 0 Å². The lowest BCUT2D eigenvalue weighted by molar-refractivity contribution is -0.0971. The third-order valence-corrected chi connectivity index (χ3v) is 10.5. The molecule has 3 N–H and O–H groups in total. The summed E-state index contributed by atoms with van der Waals surface area (Å²) >= 11 is 0. The Morgan fingerprint density at radius 3 is 2.50 bits per heavy atom. The van der Waals surface area contributed by atoms with Crippen molar-refractivity contribution in [2.75, 3.05) is 6.61 Å². The zero-order valence-electron chi connectivity index (χ0n) is 19.8. The second-order valence-corrected chi connectivity index (χ2v) is 12.2. The summed E-state index contributed by atoms with van der Waals surface area (Å²) in [6, 6.07) is 0. The van der Waals surface area contributed by atoms with Gasteiger partial charge in [-0.3, -0.25) is 0 Å². The molecule has 4 aliphatic carbocycles. The maximum atomic E-state index is 11.3. The molecule has 172 valence electrons. The summed E-state index contributed by atoms with van der Waals surface area (Å²) in [7, 11) is 0. The largest absolute Gasteiger partial charge is 0.396 e. The van der Waals surface area contributed by atoms with Gasteiger partial charge in [-0.2, -0.15) is 0 Å². The summed E-state index contributed by atoms with van der Waals surface area (Å²) in [4.78, 5) is 0.